The van der Waals surface area contributed by atoms with Crippen LogP contribution in [0.4, 0.5) is 0 Å². The van der Waals surface area contributed by atoms with Crippen LogP contribution in [0.5, 0.6) is 0 Å². The highest BCUT2D eigenvalue weighted by Crippen LogP contribution is 2.31. The van der Waals surface area contributed by atoms with Gasteiger partial charge in [-0.2, -0.15) is 5.26 Å². The second-order valence-corrected chi connectivity index (χ2v) is 5.30. The molecule has 0 saturated heterocycles. The molecule has 4 heteroatoms. The Labute approximate surface area is 124 Å². The standard InChI is InChI=1S/C15H17Cl2NO/c1-10(4-5-12(9-18)11(2)19-3)14-7-6-13(16)8-15(14)17/h6-8,10H,4-5H2,1-3H3/b12-11+. The molecule has 19 heavy (non-hydrogen) atoms. The normalized spacial score (nSPS) is 13.5. The Morgan fingerprint density at radius 3 is 2.63 bits per heavy atom. The lowest BCUT2D eigenvalue weighted by Gasteiger charge is -2.14. The topological polar surface area (TPSA) is 33.0 Å². The molecule has 0 spiro atoms. The predicted molar refractivity (Wildman–Crippen MR) is 79.4 cm³/mol. The smallest absolute Gasteiger partial charge is 0.106 e. The van der Waals surface area contributed by atoms with Crippen LogP contribution in [-0.4, -0.2) is 7.11 Å². The van der Waals surface area contributed by atoms with Crippen molar-refractivity contribution in [3.8, 4) is 6.07 Å². The van der Waals surface area contributed by atoms with E-state index >= 15 is 0 Å². The van der Waals surface area contributed by atoms with E-state index in [1.165, 1.54) is 0 Å². The van der Waals surface area contributed by atoms with E-state index in [2.05, 4.69) is 13.0 Å². The maximum Gasteiger partial charge on any atom is 0.106 e. The molecule has 0 heterocycles. The summed E-state index contributed by atoms with van der Waals surface area (Å²) in [5, 5.41) is 10.4. The van der Waals surface area contributed by atoms with Crippen molar-refractivity contribution in [2.45, 2.75) is 32.6 Å². The SMILES string of the molecule is CO/C(C)=C(/C#N)CCC(C)c1ccc(Cl)cc1Cl. The molecule has 1 aromatic rings. The molecule has 0 aromatic heterocycles. The van der Waals surface area contributed by atoms with E-state index in [1.807, 2.05) is 12.1 Å². The van der Waals surface area contributed by atoms with E-state index in [0.717, 1.165) is 12.0 Å². The lowest BCUT2D eigenvalue weighted by Crippen LogP contribution is -1.97. The van der Waals surface area contributed by atoms with Gasteiger partial charge in [0.1, 0.15) is 5.76 Å². The van der Waals surface area contributed by atoms with Crippen molar-refractivity contribution in [1.82, 2.24) is 0 Å². The van der Waals surface area contributed by atoms with E-state index in [4.69, 9.17) is 33.2 Å². The van der Waals surface area contributed by atoms with Crippen LogP contribution >= 0.6 is 23.2 Å². The molecule has 0 N–H and O–H groups in total. The molecule has 0 aliphatic carbocycles. The summed E-state index contributed by atoms with van der Waals surface area (Å²) in [4.78, 5) is 0. The van der Waals surface area contributed by atoms with Crippen LogP contribution in [-0.2, 0) is 4.74 Å². The monoisotopic (exact) mass is 297 g/mol. The van der Waals surface area contributed by atoms with E-state index in [9.17, 15) is 0 Å². The summed E-state index contributed by atoms with van der Waals surface area (Å²) in [6, 6.07) is 7.70. The quantitative estimate of drug-likeness (QED) is 0.544. The third kappa shape index (κ3) is 4.45. The number of hydrogen-bond acceptors (Lipinski definition) is 2. The van der Waals surface area contributed by atoms with Crippen molar-refractivity contribution in [2.75, 3.05) is 7.11 Å². The fourth-order valence-corrected chi connectivity index (χ4v) is 2.45. The largest absolute Gasteiger partial charge is 0.500 e. The van der Waals surface area contributed by atoms with Crippen molar-refractivity contribution in [1.29, 1.82) is 5.26 Å². The van der Waals surface area contributed by atoms with Crippen molar-refractivity contribution in [3.63, 3.8) is 0 Å². The van der Waals surface area contributed by atoms with E-state index in [0.29, 0.717) is 27.8 Å². The first-order chi connectivity index (χ1) is 8.99. The van der Waals surface area contributed by atoms with Gasteiger partial charge >= 0.3 is 0 Å². The molecule has 0 aliphatic heterocycles. The van der Waals surface area contributed by atoms with Crippen LogP contribution in [0.3, 0.4) is 0 Å². The average Bonchev–Trinajstić information content (AvgIpc) is 2.38. The fraction of sp³-hybridized carbons (Fsp3) is 0.400. The van der Waals surface area contributed by atoms with Gasteiger partial charge in [0.25, 0.3) is 0 Å². The minimum Gasteiger partial charge on any atom is -0.500 e. The second-order valence-electron chi connectivity index (χ2n) is 4.46. The molecule has 0 aliphatic rings. The van der Waals surface area contributed by atoms with Gasteiger partial charge in [0, 0.05) is 10.0 Å². The van der Waals surface area contributed by atoms with Crippen LogP contribution in [0.25, 0.3) is 0 Å². The highest BCUT2D eigenvalue weighted by Gasteiger charge is 2.12. The van der Waals surface area contributed by atoms with Crippen LogP contribution in [0.2, 0.25) is 10.0 Å². The maximum absolute atomic E-state index is 9.07. The summed E-state index contributed by atoms with van der Waals surface area (Å²) in [5.41, 5.74) is 1.73. The zero-order valence-corrected chi connectivity index (χ0v) is 12.8. The zero-order valence-electron chi connectivity index (χ0n) is 11.3. The molecule has 1 unspecified atom stereocenters. The molecule has 1 atom stereocenters. The number of hydrogen-bond donors (Lipinski definition) is 0. The van der Waals surface area contributed by atoms with Gasteiger partial charge in [-0.05, 0) is 43.4 Å². The second kappa shape index (κ2) is 7.43. The first-order valence-electron chi connectivity index (χ1n) is 6.08. The molecule has 0 bridgehead atoms. The van der Waals surface area contributed by atoms with Gasteiger partial charge in [0.15, 0.2) is 0 Å². The maximum atomic E-state index is 9.07. The van der Waals surface area contributed by atoms with Crippen LogP contribution in [0, 0.1) is 11.3 Å². The Morgan fingerprint density at radius 2 is 2.11 bits per heavy atom. The summed E-state index contributed by atoms with van der Waals surface area (Å²) in [7, 11) is 1.58. The highest BCUT2D eigenvalue weighted by molar-refractivity contribution is 6.35. The first-order valence-corrected chi connectivity index (χ1v) is 6.84. The summed E-state index contributed by atoms with van der Waals surface area (Å²) >= 11 is 12.1. The van der Waals surface area contributed by atoms with Crippen molar-refractivity contribution in [2.24, 2.45) is 0 Å². The van der Waals surface area contributed by atoms with Gasteiger partial charge in [-0.1, -0.05) is 36.2 Å². The Hall–Kier alpha value is -1.17. The summed E-state index contributed by atoms with van der Waals surface area (Å²) in [5.74, 6) is 0.940. The molecule has 0 amide bonds. The minimum absolute atomic E-state index is 0.262. The van der Waals surface area contributed by atoms with Crippen LogP contribution in [0.15, 0.2) is 29.5 Å². The third-order valence-corrected chi connectivity index (χ3v) is 3.75. The Morgan fingerprint density at radius 1 is 1.42 bits per heavy atom. The minimum atomic E-state index is 0.262. The summed E-state index contributed by atoms with van der Waals surface area (Å²) < 4.78 is 5.09. The van der Waals surface area contributed by atoms with E-state index < -0.39 is 0 Å². The third-order valence-electron chi connectivity index (χ3n) is 3.19. The number of nitrogens with zero attached hydrogens (tertiary/aromatic N) is 1. The van der Waals surface area contributed by atoms with E-state index in [1.54, 1.807) is 20.1 Å². The Bertz CT molecular complexity index is 517. The Kier molecular flexibility index (Phi) is 6.21. The number of halogens is 2. The number of ether oxygens (including phenoxy) is 1. The van der Waals surface area contributed by atoms with Gasteiger partial charge in [-0.15, -0.1) is 0 Å². The van der Waals surface area contributed by atoms with E-state index in [-0.39, 0.29) is 5.92 Å². The number of benzene rings is 1. The Balaban J connectivity index is 2.76. The van der Waals surface area contributed by atoms with Crippen LogP contribution in [0.1, 0.15) is 38.2 Å². The zero-order chi connectivity index (χ0) is 14.4. The molecule has 0 radical (unpaired) electrons. The van der Waals surface area contributed by atoms with Crippen LogP contribution < -0.4 is 0 Å². The summed E-state index contributed by atoms with van der Waals surface area (Å²) in [6.07, 6.45) is 1.52. The lowest BCUT2D eigenvalue weighted by molar-refractivity contribution is 0.288. The number of methoxy groups -OCH3 is 1. The molecule has 1 rings (SSSR count). The van der Waals surface area contributed by atoms with Crippen molar-refractivity contribution >= 4 is 23.2 Å². The van der Waals surface area contributed by atoms with Gasteiger partial charge in [0.05, 0.1) is 18.8 Å². The fourth-order valence-electron chi connectivity index (χ4n) is 1.85. The van der Waals surface area contributed by atoms with Crippen molar-refractivity contribution < 1.29 is 4.74 Å². The summed E-state index contributed by atoms with van der Waals surface area (Å²) in [6.45, 7) is 3.89. The molecule has 2 nitrogen and oxygen atoms in total. The molecule has 0 fully saturated rings. The molecule has 1 aromatic carbocycles. The number of allylic oxidation sites excluding steroid dienone is 2. The van der Waals surface area contributed by atoms with Gasteiger partial charge in [-0.25, -0.2) is 0 Å². The predicted octanol–water partition coefficient (Wildman–Crippen LogP) is 5.32. The van der Waals surface area contributed by atoms with Gasteiger partial charge in [-0.3, -0.25) is 0 Å². The van der Waals surface area contributed by atoms with Gasteiger partial charge in [0.2, 0.25) is 0 Å². The van der Waals surface area contributed by atoms with Crippen molar-refractivity contribution in [3.05, 3.63) is 45.1 Å². The molecular formula is C15H17Cl2NO. The molecule has 102 valence electrons. The number of nitriles is 1. The first kappa shape index (κ1) is 15.9. The number of rotatable bonds is 5. The lowest BCUT2D eigenvalue weighted by atomic mass is 9.94. The molecular weight excluding hydrogens is 281 g/mol. The molecule has 0 saturated carbocycles. The van der Waals surface area contributed by atoms with Gasteiger partial charge < -0.3 is 4.74 Å². The average molecular weight is 298 g/mol. The highest BCUT2D eigenvalue weighted by atomic mass is 35.5.